The molecule has 1 aromatic carbocycles. The molecule has 0 aliphatic carbocycles. The monoisotopic (exact) mass is 314 g/mol. The van der Waals surface area contributed by atoms with Crippen LogP contribution in [0.25, 0.3) is 0 Å². The molecule has 7 heteroatoms. The van der Waals surface area contributed by atoms with E-state index in [9.17, 15) is 9.59 Å². The number of fused-ring (bicyclic) bond motifs is 1. The van der Waals surface area contributed by atoms with Crippen molar-refractivity contribution in [2.45, 2.75) is 31.8 Å². The van der Waals surface area contributed by atoms with Crippen LogP contribution >= 0.6 is 0 Å². The standard InChI is InChI=1S/C16H18N4O3/c1-16(2,10-6-19-20-7-10)12-5-8-3-9(14(17)21)4-11(15(18)22)13(8)23-12/h3-4,6-7,12H,5H2,1-2H3,(H2,17,21)(H2,18,22)(H,19,20). The number of H-pyrrole nitrogens is 1. The molecule has 2 heterocycles. The molecule has 1 aromatic heterocycles. The molecule has 1 aliphatic heterocycles. The highest BCUT2D eigenvalue weighted by molar-refractivity contribution is 6.01. The van der Waals surface area contributed by atoms with Gasteiger partial charge in [0.25, 0.3) is 5.91 Å². The highest BCUT2D eigenvalue weighted by atomic mass is 16.5. The predicted octanol–water partition coefficient (Wildman–Crippen LogP) is 0.889. The average molecular weight is 314 g/mol. The minimum absolute atomic E-state index is 0.182. The molecule has 3 rings (SSSR count). The molecule has 0 bridgehead atoms. The van der Waals surface area contributed by atoms with E-state index >= 15 is 0 Å². The number of carbonyl (C=O) groups excluding carboxylic acids is 2. The Kier molecular flexibility index (Phi) is 3.35. The predicted molar refractivity (Wildman–Crippen MR) is 83.2 cm³/mol. The summed E-state index contributed by atoms with van der Waals surface area (Å²) in [7, 11) is 0. The van der Waals surface area contributed by atoms with Crippen LogP contribution in [0.3, 0.4) is 0 Å². The molecule has 0 fully saturated rings. The first-order chi connectivity index (χ1) is 10.8. The van der Waals surface area contributed by atoms with Crippen LogP contribution in [0, 0.1) is 0 Å². The molecule has 0 radical (unpaired) electrons. The van der Waals surface area contributed by atoms with Gasteiger partial charge in [0.1, 0.15) is 11.9 Å². The largest absolute Gasteiger partial charge is 0.488 e. The van der Waals surface area contributed by atoms with Gasteiger partial charge < -0.3 is 16.2 Å². The van der Waals surface area contributed by atoms with E-state index in [1.165, 1.54) is 6.07 Å². The summed E-state index contributed by atoms with van der Waals surface area (Å²) in [6.45, 7) is 4.07. The SMILES string of the molecule is CC(C)(c1cn[nH]c1)C1Cc2cc(C(N)=O)cc(C(N)=O)c2O1. The lowest BCUT2D eigenvalue weighted by Gasteiger charge is -2.30. The maximum absolute atomic E-state index is 11.7. The summed E-state index contributed by atoms with van der Waals surface area (Å²) in [5.41, 5.74) is 12.6. The van der Waals surface area contributed by atoms with E-state index in [-0.39, 0.29) is 22.6 Å². The fraction of sp³-hybridized carbons (Fsp3) is 0.312. The molecule has 7 nitrogen and oxygen atoms in total. The number of hydrogen-bond donors (Lipinski definition) is 3. The first kappa shape index (κ1) is 15.1. The zero-order chi connectivity index (χ0) is 16.8. The maximum Gasteiger partial charge on any atom is 0.252 e. The van der Waals surface area contributed by atoms with Gasteiger partial charge in [-0.3, -0.25) is 14.7 Å². The Balaban J connectivity index is 2.02. The average Bonchev–Trinajstić information content (AvgIpc) is 3.15. The number of nitrogens with one attached hydrogen (secondary N) is 1. The third kappa shape index (κ3) is 2.44. The van der Waals surface area contributed by atoms with Crippen LogP contribution in [-0.4, -0.2) is 28.1 Å². The van der Waals surface area contributed by atoms with E-state index < -0.39 is 11.8 Å². The van der Waals surface area contributed by atoms with Crippen molar-refractivity contribution in [1.82, 2.24) is 10.2 Å². The smallest absolute Gasteiger partial charge is 0.252 e. The van der Waals surface area contributed by atoms with Crippen LogP contribution in [0.1, 0.15) is 45.7 Å². The van der Waals surface area contributed by atoms with Gasteiger partial charge in [0, 0.05) is 23.6 Å². The molecule has 2 amide bonds. The first-order valence-electron chi connectivity index (χ1n) is 7.23. The Bertz CT molecular complexity index is 781. The fourth-order valence-electron chi connectivity index (χ4n) is 2.88. The summed E-state index contributed by atoms with van der Waals surface area (Å²) in [5.74, 6) is -0.817. The van der Waals surface area contributed by atoms with Crippen molar-refractivity contribution in [2.24, 2.45) is 11.5 Å². The molecule has 120 valence electrons. The minimum Gasteiger partial charge on any atom is -0.488 e. The Morgan fingerprint density at radius 1 is 1.30 bits per heavy atom. The molecule has 1 atom stereocenters. The van der Waals surface area contributed by atoms with Gasteiger partial charge in [-0.2, -0.15) is 5.10 Å². The number of nitrogens with zero attached hydrogens (tertiary/aromatic N) is 1. The Morgan fingerprint density at radius 2 is 2.04 bits per heavy atom. The van der Waals surface area contributed by atoms with Crippen molar-refractivity contribution in [2.75, 3.05) is 0 Å². The zero-order valence-corrected chi connectivity index (χ0v) is 12.9. The third-order valence-electron chi connectivity index (χ3n) is 4.43. The number of nitrogens with two attached hydrogens (primary N) is 2. The summed E-state index contributed by atoms with van der Waals surface area (Å²) in [6, 6.07) is 3.05. The van der Waals surface area contributed by atoms with Gasteiger partial charge in [-0.1, -0.05) is 13.8 Å². The molecule has 1 unspecified atom stereocenters. The van der Waals surface area contributed by atoms with Gasteiger partial charge >= 0.3 is 0 Å². The number of benzene rings is 1. The van der Waals surface area contributed by atoms with E-state index in [1.54, 1.807) is 12.3 Å². The number of aromatic amines is 1. The number of aromatic nitrogens is 2. The molecule has 1 aliphatic rings. The van der Waals surface area contributed by atoms with E-state index in [2.05, 4.69) is 10.2 Å². The van der Waals surface area contributed by atoms with Gasteiger partial charge in [-0.15, -0.1) is 0 Å². The van der Waals surface area contributed by atoms with Crippen LogP contribution in [0.15, 0.2) is 24.5 Å². The molecule has 0 spiro atoms. The van der Waals surface area contributed by atoms with Crippen LogP contribution in [0.2, 0.25) is 0 Å². The second-order valence-corrected chi connectivity index (χ2v) is 6.26. The van der Waals surface area contributed by atoms with Crippen molar-refractivity contribution in [3.63, 3.8) is 0 Å². The molecular formula is C16H18N4O3. The van der Waals surface area contributed by atoms with Crippen LogP contribution in [0.4, 0.5) is 0 Å². The molecular weight excluding hydrogens is 296 g/mol. The number of rotatable bonds is 4. The van der Waals surface area contributed by atoms with Crippen molar-refractivity contribution in [3.8, 4) is 5.75 Å². The van der Waals surface area contributed by atoms with Crippen LogP contribution in [-0.2, 0) is 11.8 Å². The summed E-state index contributed by atoms with van der Waals surface area (Å²) in [4.78, 5) is 23.2. The van der Waals surface area contributed by atoms with E-state index in [0.29, 0.717) is 12.2 Å². The van der Waals surface area contributed by atoms with Crippen LogP contribution in [0.5, 0.6) is 5.75 Å². The molecule has 23 heavy (non-hydrogen) atoms. The van der Waals surface area contributed by atoms with Gasteiger partial charge in [0.05, 0.1) is 11.8 Å². The Labute approximate surface area is 133 Å². The molecule has 2 aromatic rings. The summed E-state index contributed by atoms with van der Waals surface area (Å²) in [5, 5.41) is 6.77. The second-order valence-electron chi connectivity index (χ2n) is 6.26. The van der Waals surface area contributed by atoms with E-state index in [0.717, 1.165) is 11.1 Å². The summed E-state index contributed by atoms with van der Waals surface area (Å²) >= 11 is 0. The zero-order valence-electron chi connectivity index (χ0n) is 12.9. The van der Waals surface area contributed by atoms with Gasteiger partial charge in [0.2, 0.25) is 5.91 Å². The number of amides is 2. The first-order valence-corrected chi connectivity index (χ1v) is 7.23. The van der Waals surface area contributed by atoms with E-state index in [4.69, 9.17) is 16.2 Å². The summed E-state index contributed by atoms with van der Waals surface area (Å²) < 4.78 is 6.03. The van der Waals surface area contributed by atoms with Gasteiger partial charge in [-0.05, 0) is 23.3 Å². The number of hydrogen-bond acceptors (Lipinski definition) is 4. The van der Waals surface area contributed by atoms with Crippen LogP contribution < -0.4 is 16.2 Å². The van der Waals surface area contributed by atoms with Crippen molar-refractivity contribution in [1.29, 1.82) is 0 Å². The summed E-state index contributed by atoms with van der Waals surface area (Å²) in [6.07, 6.45) is 3.90. The normalized spacial score (nSPS) is 16.7. The quantitative estimate of drug-likeness (QED) is 0.775. The van der Waals surface area contributed by atoms with Gasteiger partial charge in [-0.25, -0.2) is 0 Å². The number of ether oxygens (including phenoxy) is 1. The highest BCUT2D eigenvalue weighted by Gasteiger charge is 2.40. The topological polar surface area (TPSA) is 124 Å². The van der Waals surface area contributed by atoms with E-state index in [1.807, 2.05) is 20.0 Å². The number of primary amides is 2. The lowest BCUT2D eigenvalue weighted by molar-refractivity contribution is 0.0989. The Hall–Kier alpha value is -2.83. The molecule has 5 N–H and O–H groups in total. The lowest BCUT2D eigenvalue weighted by Crippen LogP contribution is -2.37. The maximum atomic E-state index is 11.7. The fourth-order valence-corrected chi connectivity index (χ4v) is 2.88. The second kappa shape index (κ2) is 5.12. The number of carbonyl (C=O) groups is 2. The highest BCUT2D eigenvalue weighted by Crippen LogP contribution is 2.41. The van der Waals surface area contributed by atoms with Crippen molar-refractivity contribution >= 4 is 11.8 Å². The lowest BCUT2D eigenvalue weighted by atomic mass is 9.79. The van der Waals surface area contributed by atoms with Crippen molar-refractivity contribution in [3.05, 3.63) is 46.8 Å². The van der Waals surface area contributed by atoms with Gasteiger partial charge in [0.15, 0.2) is 0 Å². The third-order valence-corrected chi connectivity index (χ3v) is 4.43. The molecule has 0 saturated heterocycles. The Morgan fingerprint density at radius 3 is 2.61 bits per heavy atom. The van der Waals surface area contributed by atoms with Crippen molar-refractivity contribution < 1.29 is 14.3 Å². The molecule has 0 saturated carbocycles. The minimum atomic E-state index is -0.647.